The molecule has 0 aliphatic carbocycles. The fourth-order valence-corrected chi connectivity index (χ4v) is 1.31. The van der Waals surface area contributed by atoms with E-state index in [4.69, 9.17) is 10.00 Å². The Kier molecular flexibility index (Phi) is 8.67. The molecule has 1 aromatic rings. The maximum Gasteiger partial charge on any atom is 0.292 e. The molecule has 0 saturated carbocycles. The maximum absolute atomic E-state index is 8.34. The van der Waals surface area contributed by atoms with E-state index < -0.39 is 0 Å². The Bertz CT molecular complexity index is 435. The van der Waals surface area contributed by atoms with Crippen molar-refractivity contribution in [3.05, 3.63) is 66.8 Å². The van der Waals surface area contributed by atoms with Crippen LogP contribution in [0.1, 0.15) is 19.4 Å². The molecule has 0 saturated heterocycles. The third-order valence-electron chi connectivity index (χ3n) is 2.09. The third-order valence-corrected chi connectivity index (χ3v) is 2.09. The molecular weight excluding hydrogens is 222 g/mol. The van der Waals surface area contributed by atoms with E-state index in [0.717, 1.165) is 17.6 Å². The van der Waals surface area contributed by atoms with Gasteiger partial charge in [0.15, 0.2) is 0 Å². The van der Waals surface area contributed by atoms with Crippen molar-refractivity contribution in [3.8, 4) is 12.0 Å². The number of ether oxygens (including phenoxy) is 1. The molecule has 0 spiro atoms. The number of nitrogens with zero attached hydrogens (tertiary/aromatic N) is 1. The van der Waals surface area contributed by atoms with Gasteiger partial charge in [-0.05, 0) is 29.7 Å². The van der Waals surface area contributed by atoms with Gasteiger partial charge in [0.1, 0.15) is 5.75 Å². The SMILES string of the molecule is C=C/C=C(\C=C)Cc1ccc(OC#N)cc1.CC. The first kappa shape index (κ1) is 15.7. The van der Waals surface area contributed by atoms with Gasteiger partial charge in [-0.1, -0.05) is 57.4 Å². The molecule has 1 rings (SSSR count). The summed E-state index contributed by atoms with van der Waals surface area (Å²) in [6.45, 7) is 11.4. The predicted molar refractivity (Wildman–Crippen MR) is 76.2 cm³/mol. The minimum Gasteiger partial charge on any atom is -0.388 e. The van der Waals surface area contributed by atoms with Crippen LogP contribution < -0.4 is 4.74 Å². The second-order valence-electron chi connectivity index (χ2n) is 3.20. The number of benzene rings is 1. The van der Waals surface area contributed by atoms with Gasteiger partial charge in [-0.2, -0.15) is 0 Å². The summed E-state index contributed by atoms with van der Waals surface area (Å²) in [4.78, 5) is 0. The summed E-state index contributed by atoms with van der Waals surface area (Å²) in [6, 6.07) is 7.39. The number of hydrogen-bond donors (Lipinski definition) is 0. The zero-order valence-electron chi connectivity index (χ0n) is 11.0. The Morgan fingerprint density at radius 1 is 1.28 bits per heavy atom. The molecule has 2 heteroatoms. The van der Waals surface area contributed by atoms with E-state index in [9.17, 15) is 0 Å². The normalized spacial score (nSPS) is 9.50. The first-order chi connectivity index (χ1) is 8.80. The lowest BCUT2D eigenvalue weighted by Crippen LogP contribution is -1.88. The van der Waals surface area contributed by atoms with Gasteiger partial charge in [-0.25, -0.2) is 0 Å². The number of allylic oxidation sites excluding steroid dienone is 4. The Hall–Kier alpha value is -2.27. The van der Waals surface area contributed by atoms with Crippen molar-refractivity contribution < 1.29 is 4.74 Å². The van der Waals surface area contributed by atoms with Crippen LogP contribution in [0, 0.1) is 11.5 Å². The minimum atomic E-state index is 0.555. The molecule has 94 valence electrons. The van der Waals surface area contributed by atoms with Crippen molar-refractivity contribution in [2.24, 2.45) is 0 Å². The molecule has 0 amide bonds. The van der Waals surface area contributed by atoms with Gasteiger partial charge in [-0.3, -0.25) is 0 Å². The summed E-state index contributed by atoms with van der Waals surface area (Å²) < 4.78 is 4.69. The van der Waals surface area contributed by atoms with Gasteiger partial charge in [0.25, 0.3) is 6.26 Å². The fourth-order valence-electron chi connectivity index (χ4n) is 1.31. The molecule has 18 heavy (non-hydrogen) atoms. The van der Waals surface area contributed by atoms with Crippen LogP contribution in [0.15, 0.2) is 61.2 Å². The summed E-state index contributed by atoms with van der Waals surface area (Å²) in [5, 5.41) is 8.34. The largest absolute Gasteiger partial charge is 0.388 e. The third kappa shape index (κ3) is 5.72. The van der Waals surface area contributed by atoms with Crippen LogP contribution in [-0.2, 0) is 6.42 Å². The van der Waals surface area contributed by atoms with Crippen LogP contribution >= 0.6 is 0 Å². The van der Waals surface area contributed by atoms with Crippen molar-refractivity contribution in [1.82, 2.24) is 0 Å². The highest BCUT2D eigenvalue weighted by Crippen LogP contribution is 2.15. The monoisotopic (exact) mass is 241 g/mol. The summed E-state index contributed by atoms with van der Waals surface area (Å²) in [5.41, 5.74) is 2.24. The summed E-state index contributed by atoms with van der Waals surface area (Å²) >= 11 is 0. The molecule has 0 aliphatic rings. The first-order valence-electron chi connectivity index (χ1n) is 5.89. The van der Waals surface area contributed by atoms with E-state index >= 15 is 0 Å². The lowest BCUT2D eigenvalue weighted by atomic mass is 10.0. The van der Waals surface area contributed by atoms with Crippen LogP contribution in [0.25, 0.3) is 0 Å². The van der Waals surface area contributed by atoms with E-state index in [0.29, 0.717) is 5.75 Å². The second-order valence-corrected chi connectivity index (χ2v) is 3.20. The molecule has 0 N–H and O–H groups in total. The molecule has 0 heterocycles. The lowest BCUT2D eigenvalue weighted by Gasteiger charge is -2.02. The number of hydrogen-bond acceptors (Lipinski definition) is 2. The van der Waals surface area contributed by atoms with Crippen LogP contribution in [-0.4, -0.2) is 0 Å². The van der Waals surface area contributed by atoms with Crippen molar-refractivity contribution in [2.75, 3.05) is 0 Å². The van der Waals surface area contributed by atoms with Crippen molar-refractivity contribution in [3.63, 3.8) is 0 Å². The van der Waals surface area contributed by atoms with Crippen LogP contribution in [0.4, 0.5) is 0 Å². The summed E-state index contributed by atoms with van der Waals surface area (Å²) in [7, 11) is 0. The Balaban J connectivity index is 0.00000137. The molecule has 0 unspecified atom stereocenters. The van der Waals surface area contributed by atoms with E-state index in [1.165, 1.54) is 0 Å². The molecule has 0 aromatic heterocycles. The zero-order valence-corrected chi connectivity index (χ0v) is 11.0. The highest BCUT2D eigenvalue weighted by atomic mass is 16.5. The topological polar surface area (TPSA) is 33.0 Å². The summed E-state index contributed by atoms with van der Waals surface area (Å²) in [6.07, 6.45) is 7.90. The fraction of sp³-hybridized carbons (Fsp3) is 0.188. The molecular formula is C16H19NO. The molecule has 1 aromatic carbocycles. The van der Waals surface area contributed by atoms with Crippen LogP contribution in [0.3, 0.4) is 0 Å². The highest BCUT2D eigenvalue weighted by Gasteiger charge is 1.97. The Labute approximate surface area is 110 Å². The minimum absolute atomic E-state index is 0.555. The van der Waals surface area contributed by atoms with E-state index in [1.54, 1.807) is 30.5 Å². The zero-order chi connectivity index (χ0) is 13.8. The maximum atomic E-state index is 8.34. The molecule has 0 bridgehead atoms. The molecule has 0 radical (unpaired) electrons. The number of rotatable bonds is 5. The van der Waals surface area contributed by atoms with Gasteiger partial charge in [0.05, 0.1) is 0 Å². The average Bonchev–Trinajstić information content (AvgIpc) is 2.43. The van der Waals surface area contributed by atoms with Gasteiger partial charge in [0.2, 0.25) is 0 Å². The van der Waals surface area contributed by atoms with Gasteiger partial charge in [-0.15, -0.1) is 5.26 Å². The molecule has 0 fully saturated rings. The molecule has 0 aliphatic heterocycles. The molecule has 2 nitrogen and oxygen atoms in total. The standard InChI is InChI=1S/C14H13NO.C2H6/c1-3-5-12(4-2)10-13-6-8-14(9-7-13)16-11-15;1-2/h3-9H,1-2,10H2;1-2H3/b12-5+;. The predicted octanol–water partition coefficient (Wildman–Crippen LogP) is 4.41. The van der Waals surface area contributed by atoms with Crippen LogP contribution in [0.2, 0.25) is 0 Å². The summed E-state index contributed by atoms with van der Waals surface area (Å²) in [5.74, 6) is 0.555. The lowest BCUT2D eigenvalue weighted by molar-refractivity contribution is 0.507. The van der Waals surface area contributed by atoms with Crippen molar-refractivity contribution in [1.29, 1.82) is 5.26 Å². The van der Waals surface area contributed by atoms with Gasteiger partial charge >= 0.3 is 0 Å². The van der Waals surface area contributed by atoms with E-state index in [-0.39, 0.29) is 0 Å². The smallest absolute Gasteiger partial charge is 0.292 e. The van der Waals surface area contributed by atoms with Crippen molar-refractivity contribution >= 4 is 0 Å². The quantitative estimate of drug-likeness (QED) is 0.565. The molecule has 0 atom stereocenters. The van der Waals surface area contributed by atoms with E-state index in [1.807, 2.05) is 32.1 Å². The Morgan fingerprint density at radius 3 is 2.33 bits per heavy atom. The second kappa shape index (κ2) is 9.92. The highest BCUT2D eigenvalue weighted by molar-refractivity contribution is 5.33. The van der Waals surface area contributed by atoms with Gasteiger partial charge in [0, 0.05) is 0 Å². The van der Waals surface area contributed by atoms with E-state index in [2.05, 4.69) is 13.2 Å². The van der Waals surface area contributed by atoms with Crippen LogP contribution in [0.5, 0.6) is 5.75 Å². The average molecular weight is 241 g/mol. The Morgan fingerprint density at radius 2 is 1.89 bits per heavy atom. The number of nitriles is 1. The first-order valence-corrected chi connectivity index (χ1v) is 5.89. The van der Waals surface area contributed by atoms with Crippen molar-refractivity contribution in [2.45, 2.75) is 20.3 Å². The van der Waals surface area contributed by atoms with Gasteiger partial charge < -0.3 is 4.74 Å².